The topological polar surface area (TPSA) is 27.8 Å². The Hall–Kier alpha value is -1.54. The van der Waals surface area contributed by atoms with Crippen LogP contribution in [0.3, 0.4) is 0 Å². The Morgan fingerprint density at radius 2 is 2.10 bits per heavy atom. The largest absolute Gasteiger partial charge is 0.357 e. The van der Waals surface area contributed by atoms with E-state index in [1.807, 2.05) is 0 Å². The summed E-state index contributed by atoms with van der Waals surface area (Å²) >= 11 is 0. The fraction of sp³-hybridized carbons (Fsp3) is 0.474. The van der Waals surface area contributed by atoms with Crippen LogP contribution in [0, 0.1) is 0 Å². The number of fused-ring (bicyclic) bond motifs is 3. The molecule has 0 saturated heterocycles. The van der Waals surface area contributed by atoms with Gasteiger partial charge in [-0.15, -0.1) is 0 Å². The van der Waals surface area contributed by atoms with Crippen molar-refractivity contribution < 1.29 is 0 Å². The molecule has 0 bridgehead atoms. The minimum absolute atomic E-state index is 0.517. The van der Waals surface area contributed by atoms with Crippen molar-refractivity contribution >= 4 is 10.9 Å². The number of hydrogen-bond donors (Lipinski definition) is 2. The molecule has 1 aromatic carbocycles. The van der Waals surface area contributed by atoms with Crippen molar-refractivity contribution in [2.45, 2.75) is 51.0 Å². The van der Waals surface area contributed by atoms with Crippen LogP contribution in [-0.4, -0.2) is 11.5 Å². The summed E-state index contributed by atoms with van der Waals surface area (Å²) in [4.78, 5) is 3.67. The minimum atomic E-state index is 0.517. The zero-order valence-corrected chi connectivity index (χ0v) is 12.6. The van der Waals surface area contributed by atoms with Gasteiger partial charge in [-0.2, -0.15) is 0 Å². The molecule has 0 spiro atoms. The van der Waals surface area contributed by atoms with Crippen molar-refractivity contribution in [1.82, 2.24) is 10.3 Å². The number of aromatic amines is 1. The van der Waals surface area contributed by atoms with Crippen molar-refractivity contribution in [1.29, 1.82) is 0 Å². The molecule has 1 unspecified atom stereocenters. The van der Waals surface area contributed by atoms with E-state index in [2.05, 4.69) is 40.6 Å². The molecule has 21 heavy (non-hydrogen) atoms. The molecule has 4 rings (SSSR count). The lowest BCUT2D eigenvalue weighted by Crippen LogP contribution is -2.26. The van der Waals surface area contributed by atoms with Gasteiger partial charge in [0, 0.05) is 22.6 Å². The normalized spacial score (nSPS) is 21.5. The first-order valence-electron chi connectivity index (χ1n) is 8.42. The van der Waals surface area contributed by atoms with Gasteiger partial charge < -0.3 is 10.3 Å². The maximum Gasteiger partial charge on any atom is 0.0476 e. The van der Waals surface area contributed by atoms with Gasteiger partial charge in [0.1, 0.15) is 0 Å². The van der Waals surface area contributed by atoms with Gasteiger partial charge >= 0.3 is 0 Å². The van der Waals surface area contributed by atoms with E-state index in [9.17, 15) is 0 Å². The van der Waals surface area contributed by atoms with Crippen LogP contribution in [0.5, 0.6) is 0 Å². The molecule has 0 radical (unpaired) electrons. The average Bonchev–Trinajstić information content (AvgIpc) is 3.15. The van der Waals surface area contributed by atoms with Gasteiger partial charge in [0.05, 0.1) is 0 Å². The van der Waals surface area contributed by atoms with Gasteiger partial charge in [0.15, 0.2) is 0 Å². The van der Waals surface area contributed by atoms with Crippen molar-refractivity contribution in [3.05, 3.63) is 47.2 Å². The molecule has 2 aliphatic rings. The van der Waals surface area contributed by atoms with Gasteiger partial charge in [-0.25, -0.2) is 0 Å². The highest BCUT2D eigenvalue weighted by Crippen LogP contribution is 2.34. The Kier molecular flexibility index (Phi) is 3.56. The first-order valence-corrected chi connectivity index (χ1v) is 8.42. The second-order valence-corrected chi connectivity index (χ2v) is 6.47. The van der Waals surface area contributed by atoms with Crippen LogP contribution in [-0.2, 0) is 6.42 Å². The zero-order valence-electron chi connectivity index (χ0n) is 12.6. The first-order chi connectivity index (χ1) is 10.4. The number of rotatable bonds is 4. The van der Waals surface area contributed by atoms with E-state index in [0.29, 0.717) is 6.04 Å². The summed E-state index contributed by atoms with van der Waals surface area (Å²) in [6, 6.07) is 9.26. The molecule has 0 saturated carbocycles. The van der Waals surface area contributed by atoms with Crippen LogP contribution in [0.2, 0.25) is 0 Å². The van der Waals surface area contributed by atoms with Gasteiger partial charge in [-0.05, 0) is 63.1 Å². The van der Waals surface area contributed by atoms with E-state index in [-0.39, 0.29) is 0 Å². The lowest BCUT2D eigenvalue weighted by molar-refractivity contribution is 0.455. The zero-order chi connectivity index (χ0) is 14.1. The fourth-order valence-corrected chi connectivity index (χ4v) is 3.99. The molecule has 2 aliphatic carbocycles. The Morgan fingerprint density at radius 3 is 3.00 bits per heavy atom. The van der Waals surface area contributed by atoms with Gasteiger partial charge in [0.2, 0.25) is 0 Å². The maximum atomic E-state index is 3.79. The Bertz CT molecular complexity index is 665. The number of allylic oxidation sites excluding steroid dienone is 1. The van der Waals surface area contributed by atoms with E-state index in [1.54, 1.807) is 11.1 Å². The Morgan fingerprint density at radius 1 is 1.14 bits per heavy atom. The molecule has 2 nitrogen and oxygen atoms in total. The van der Waals surface area contributed by atoms with E-state index in [0.717, 1.165) is 6.54 Å². The van der Waals surface area contributed by atoms with E-state index < -0.39 is 0 Å². The molecular formula is C19H24N2. The standard InChI is InChI=1S/C19H24N2/c1-2-7-14(6-1)12-13-20-18-11-5-9-16-15-8-3-4-10-17(15)21-19(16)18/h3-4,6,8,10,18,20-21H,1-2,5,7,9,11-13H2. The highest BCUT2D eigenvalue weighted by molar-refractivity contribution is 5.85. The summed E-state index contributed by atoms with van der Waals surface area (Å²) in [5.74, 6) is 0. The number of H-pyrrole nitrogens is 1. The third-order valence-corrected chi connectivity index (χ3v) is 5.09. The number of nitrogens with one attached hydrogen (secondary N) is 2. The summed E-state index contributed by atoms with van der Waals surface area (Å²) in [6.07, 6.45) is 11.4. The lowest BCUT2D eigenvalue weighted by atomic mass is 9.91. The number of benzene rings is 1. The first kappa shape index (κ1) is 13.1. The number of aromatic nitrogens is 1. The smallest absolute Gasteiger partial charge is 0.0476 e. The summed E-state index contributed by atoms with van der Waals surface area (Å²) in [5, 5.41) is 5.22. The average molecular weight is 280 g/mol. The van der Waals surface area contributed by atoms with E-state index in [4.69, 9.17) is 0 Å². The molecule has 2 heteroatoms. The molecule has 2 N–H and O–H groups in total. The second-order valence-electron chi connectivity index (χ2n) is 6.47. The van der Waals surface area contributed by atoms with Gasteiger partial charge in [-0.1, -0.05) is 29.8 Å². The van der Waals surface area contributed by atoms with Crippen molar-refractivity contribution in [2.24, 2.45) is 0 Å². The maximum absolute atomic E-state index is 3.79. The van der Waals surface area contributed by atoms with Gasteiger partial charge in [0.25, 0.3) is 0 Å². The number of aryl methyl sites for hydroxylation is 1. The summed E-state index contributed by atoms with van der Waals surface area (Å²) in [7, 11) is 0. The minimum Gasteiger partial charge on any atom is -0.357 e. The van der Waals surface area contributed by atoms with E-state index >= 15 is 0 Å². The molecule has 0 fully saturated rings. The van der Waals surface area contributed by atoms with Crippen LogP contribution in [0.1, 0.15) is 55.8 Å². The molecular weight excluding hydrogens is 256 g/mol. The summed E-state index contributed by atoms with van der Waals surface area (Å²) in [6.45, 7) is 1.12. The molecule has 2 aromatic rings. The predicted molar refractivity (Wildman–Crippen MR) is 88.5 cm³/mol. The highest BCUT2D eigenvalue weighted by atomic mass is 14.9. The Labute approximate surface area is 126 Å². The fourth-order valence-electron chi connectivity index (χ4n) is 3.99. The molecule has 1 atom stereocenters. The van der Waals surface area contributed by atoms with Crippen molar-refractivity contribution in [3.63, 3.8) is 0 Å². The van der Waals surface area contributed by atoms with Gasteiger partial charge in [-0.3, -0.25) is 0 Å². The molecule has 1 heterocycles. The number of hydrogen-bond acceptors (Lipinski definition) is 1. The van der Waals surface area contributed by atoms with Crippen molar-refractivity contribution in [2.75, 3.05) is 6.54 Å². The van der Waals surface area contributed by atoms with Crippen LogP contribution in [0.4, 0.5) is 0 Å². The van der Waals surface area contributed by atoms with Crippen LogP contribution in [0.15, 0.2) is 35.9 Å². The van der Waals surface area contributed by atoms with E-state index in [1.165, 1.54) is 61.5 Å². The third-order valence-electron chi connectivity index (χ3n) is 5.09. The third kappa shape index (κ3) is 2.53. The molecule has 110 valence electrons. The van der Waals surface area contributed by atoms with Crippen LogP contribution < -0.4 is 5.32 Å². The predicted octanol–water partition coefficient (Wildman–Crippen LogP) is 4.64. The monoisotopic (exact) mass is 280 g/mol. The van der Waals surface area contributed by atoms with Crippen LogP contribution >= 0.6 is 0 Å². The molecule has 0 amide bonds. The lowest BCUT2D eigenvalue weighted by Gasteiger charge is -2.24. The molecule has 1 aromatic heterocycles. The Balaban J connectivity index is 1.50. The molecule has 0 aliphatic heterocycles. The number of para-hydroxylation sites is 1. The summed E-state index contributed by atoms with van der Waals surface area (Å²) in [5.41, 5.74) is 5.96. The second kappa shape index (κ2) is 5.69. The quantitative estimate of drug-likeness (QED) is 0.785. The summed E-state index contributed by atoms with van der Waals surface area (Å²) < 4.78 is 0. The van der Waals surface area contributed by atoms with Crippen molar-refractivity contribution in [3.8, 4) is 0 Å². The SMILES string of the molecule is C1=C(CCNC2CCCc3c2[nH]c2ccccc32)CCC1. The highest BCUT2D eigenvalue weighted by Gasteiger charge is 2.23. The van der Waals surface area contributed by atoms with Crippen LogP contribution in [0.25, 0.3) is 10.9 Å².